The molecule has 0 aromatic carbocycles. The maximum atomic E-state index is 5.21. The van der Waals surface area contributed by atoms with Crippen molar-refractivity contribution in [3.63, 3.8) is 0 Å². The van der Waals surface area contributed by atoms with E-state index < -0.39 is 0 Å². The Morgan fingerprint density at radius 2 is 2.06 bits per heavy atom. The Kier molecular flexibility index (Phi) is 5.60. The highest BCUT2D eigenvalue weighted by molar-refractivity contribution is 5.79. The summed E-state index contributed by atoms with van der Waals surface area (Å²) >= 11 is 0. The number of ether oxygens (including phenoxy) is 1. The molecular formula is C12H25N3O. The van der Waals surface area contributed by atoms with Crippen LogP contribution in [0.4, 0.5) is 0 Å². The van der Waals surface area contributed by atoms with E-state index in [2.05, 4.69) is 15.6 Å². The molecule has 0 radical (unpaired) electrons. The SMILES string of the molecule is CN=C(NC)NCC1(CCOC)CCCC1. The number of aliphatic imine (C=N–C) groups is 1. The van der Waals surface area contributed by atoms with Crippen LogP contribution in [0.25, 0.3) is 0 Å². The summed E-state index contributed by atoms with van der Waals surface area (Å²) in [6, 6.07) is 0. The quantitative estimate of drug-likeness (QED) is 0.551. The first kappa shape index (κ1) is 13.3. The molecule has 16 heavy (non-hydrogen) atoms. The van der Waals surface area contributed by atoms with Crippen molar-refractivity contribution in [1.82, 2.24) is 10.6 Å². The number of hydrogen-bond acceptors (Lipinski definition) is 2. The average Bonchev–Trinajstić information content (AvgIpc) is 2.77. The lowest BCUT2D eigenvalue weighted by Gasteiger charge is -2.29. The van der Waals surface area contributed by atoms with Crippen molar-refractivity contribution in [3.05, 3.63) is 0 Å². The molecule has 2 N–H and O–H groups in total. The van der Waals surface area contributed by atoms with Crippen molar-refractivity contribution in [3.8, 4) is 0 Å². The molecular weight excluding hydrogens is 202 g/mol. The number of guanidine groups is 1. The third-order valence-corrected chi connectivity index (χ3v) is 3.59. The molecule has 1 fully saturated rings. The van der Waals surface area contributed by atoms with Gasteiger partial charge in [0.2, 0.25) is 0 Å². The molecule has 0 unspecified atom stereocenters. The van der Waals surface area contributed by atoms with Crippen molar-refractivity contribution in [2.24, 2.45) is 10.4 Å². The lowest BCUT2D eigenvalue weighted by molar-refractivity contribution is 0.138. The van der Waals surface area contributed by atoms with Crippen LogP contribution in [-0.4, -0.2) is 40.3 Å². The summed E-state index contributed by atoms with van der Waals surface area (Å²) in [5.41, 5.74) is 0.419. The first-order valence-electron chi connectivity index (χ1n) is 6.14. The molecule has 0 atom stereocenters. The number of rotatable bonds is 5. The van der Waals surface area contributed by atoms with Crippen LogP contribution in [0.15, 0.2) is 4.99 Å². The maximum absolute atomic E-state index is 5.21. The molecule has 0 bridgehead atoms. The molecule has 0 heterocycles. The van der Waals surface area contributed by atoms with Crippen LogP contribution in [0, 0.1) is 5.41 Å². The van der Waals surface area contributed by atoms with Gasteiger partial charge in [0.05, 0.1) is 0 Å². The van der Waals surface area contributed by atoms with Crippen LogP contribution >= 0.6 is 0 Å². The van der Waals surface area contributed by atoms with E-state index in [1.165, 1.54) is 25.7 Å². The normalized spacial score (nSPS) is 19.8. The smallest absolute Gasteiger partial charge is 0.190 e. The summed E-state index contributed by atoms with van der Waals surface area (Å²) in [6.45, 7) is 1.86. The highest BCUT2D eigenvalue weighted by atomic mass is 16.5. The Morgan fingerprint density at radius 1 is 1.38 bits per heavy atom. The summed E-state index contributed by atoms with van der Waals surface area (Å²) in [5, 5.41) is 6.45. The molecule has 0 aromatic heterocycles. The Hall–Kier alpha value is -0.770. The van der Waals surface area contributed by atoms with E-state index in [4.69, 9.17) is 4.74 Å². The molecule has 0 aliphatic heterocycles. The Morgan fingerprint density at radius 3 is 2.56 bits per heavy atom. The first-order valence-corrected chi connectivity index (χ1v) is 6.14. The minimum absolute atomic E-state index is 0.419. The third kappa shape index (κ3) is 3.67. The Bertz CT molecular complexity index is 222. The van der Waals surface area contributed by atoms with Gasteiger partial charge in [0.25, 0.3) is 0 Å². The lowest BCUT2D eigenvalue weighted by Crippen LogP contribution is -2.42. The van der Waals surface area contributed by atoms with Gasteiger partial charge >= 0.3 is 0 Å². The topological polar surface area (TPSA) is 45.7 Å². The zero-order valence-electron chi connectivity index (χ0n) is 10.8. The van der Waals surface area contributed by atoms with E-state index in [1.807, 2.05) is 7.05 Å². The number of nitrogens with one attached hydrogen (secondary N) is 2. The van der Waals surface area contributed by atoms with Gasteiger partial charge in [-0.05, 0) is 24.7 Å². The van der Waals surface area contributed by atoms with E-state index in [1.54, 1.807) is 14.2 Å². The summed E-state index contributed by atoms with van der Waals surface area (Å²) < 4.78 is 5.21. The van der Waals surface area contributed by atoms with Crippen LogP contribution in [0.5, 0.6) is 0 Å². The van der Waals surface area contributed by atoms with Crippen molar-refractivity contribution in [2.45, 2.75) is 32.1 Å². The molecule has 0 amide bonds. The van der Waals surface area contributed by atoms with Gasteiger partial charge in [0.1, 0.15) is 0 Å². The molecule has 0 saturated heterocycles. The van der Waals surface area contributed by atoms with Gasteiger partial charge in [0.15, 0.2) is 5.96 Å². The standard InChI is InChI=1S/C12H25N3O/c1-13-11(14-2)15-10-12(8-9-16-3)6-4-5-7-12/h4-10H2,1-3H3,(H2,13,14,15). The minimum Gasteiger partial charge on any atom is -0.385 e. The highest BCUT2D eigenvalue weighted by Gasteiger charge is 2.33. The lowest BCUT2D eigenvalue weighted by atomic mass is 9.83. The molecule has 4 heteroatoms. The average molecular weight is 227 g/mol. The van der Waals surface area contributed by atoms with Crippen molar-refractivity contribution >= 4 is 5.96 Å². The van der Waals surface area contributed by atoms with Crippen LogP contribution < -0.4 is 10.6 Å². The fraction of sp³-hybridized carbons (Fsp3) is 0.917. The fourth-order valence-corrected chi connectivity index (χ4v) is 2.51. The fourth-order valence-electron chi connectivity index (χ4n) is 2.51. The molecule has 0 spiro atoms. The van der Waals surface area contributed by atoms with E-state index >= 15 is 0 Å². The zero-order valence-corrected chi connectivity index (χ0v) is 10.8. The zero-order chi connectivity index (χ0) is 11.9. The molecule has 94 valence electrons. The predicted octanol–water partition coefficient (Wildman–Crippen LogP) is 1.38. The Balaban J connectivity index is 2.44. The molecule has 4 nitrogen and oxygen atoms in total. The molecule has 1 aliphatic carbocycles. The molecule has 0 aromatic rings. The van der Waals surface area contributed by atoms with Gasteiger partial charge in [0, 0.05) is 34.4 Å². The number of methoxy groups -OCH3 is 1. The van der Waals surface area contributed by atoms with Crippen LogP contribution in [0.3, 0.4) is 0 Å². The summed E-state index contributed by atoms with van der Waals surface area (Å²) in [7, 11) is 5.48. The summed E-state index contributed by atoms with van der Waals surface area (Å²) in [4.78, 5) is 4.14. The first-order chi connectivity index (χ1) is 7.76. The second-order valence-electron chi connectivity index (χ2n) is 4.63. The van der Waals surface area contributed by atoms with Crippen LogP contribution in [0.2, 0.25) is 0 Å². The third-order valence-electron chi connectivity index (χ3n) is 3.59. The highest BCUT2D eigenvalue weighted by Crippen LogP contribution is 2.40. The molecule has 1 aliphatic rings. The molecule has 1 saturated carbocycles. The van der Waals surface area contributed by atoms with Crippen LogP contribution in [0.1, 0.15) is 32.1 Å². The largest absolute Gasteiger partial charge is 0.385 e. The minimum atomic E-state index is 0.419. The van der Waals surface area contributed by atoms with Gasteiger partial charge in [-0.15, -0.1) is 0 Å². The summed E-state index contributed by atoms with van der Waals surface area (Å²) in [6.07, 6.45) is 6.47. The van der Waals surface area contributed by atoms with Crippen LogP contribution in [-0.2, 0) is 4.74 Å². The monoisotopic (exact) mass is 227 g/mol. The predicted molar refractivity (Wildman–Crippen MR) is 67.8 cm³/mol. The van der Waals surface area contributed by atoms with E-state index in [0.29, 0.717) is 5.41 Å². The van der Waals surface area contributed by atoms with E-state index in [-0.39, 0.29) is 0 Å². The Labute approximate surface area is 98.9 Å². The van der Waals surface area contributed by atoms with Gasteiger partial charge < -0.3 is 15.4 Å². The van der Waals surface area contributed by atoms with Gasteiger partial charge in [-0.1, -0.05) is 12.8 Å². The number of nitrogens with zero attached hydrogens (tertiary/aromatic N) is 1. The second kappa shape index (κ2) is 6.74. The van der Waals surface area contributed by atoms with Gasteiger partial charge in [-0.3, -0.25) is 4.99 Å². The van der Waals surface area contributed by atoms with Crippen molar-refractivity contribution in [2.75, 3.05) is 34.4 Å². The van der Waals surface area contributed by atoms with Crippen molar-refractivity contribution < 1.29 is 4.74 Å². The maximum Gasteiger partial charge on any atom is 0.190 e. The molecule has 1 rings (SSSR count). The number of hydrogen-bond donors (Lipinski definition) is 2. The van der Waals surface area contributed by atoms with Gasteiger partial charge in [-0.2, -0.15) is 0 Å². The van der Waals surface area contributed by atoms with Gasteiger partial charge in [-0.25, -0.2) is 0 Å². The van der Waals surface area contributed by atoms with E-state index in [0.717, 1.165) is 25.5 Å². The van der Waals surface area contributed by atoms with E-state index in [9.17, 15) is 0 Å². The summed E-state index contributed by atoms with van der Waals surface area (Å²) in [5.74, 6) is 0.878. The van der Waals surface area contributed by atoms with Crippen molar-refractivity contribution in [1.29, 1.82) is 0 Å². The second-order valence-corrected chi connectivity index (χ2v) is 4.63.